The number of nitrogens with zero attached hydrogens (tertiary/aromatic N) is 2. The Balaban J connectivity index is 1.11. The summed E-state index contributed by atoms with van der Waals surface area (Å²) in [5.41, 5.74) is 0.371. The molecule has 1 aromatic carbocycles. The molecule has 1 atom stereocenters. The Labute approximate surface area is 286 Å². The van der Waals surface area contributed by atoms with E-state index in [9.17, 15) is 24.0 Å². The number of fused-ring (bicyclic) bond motifs is 1. The first kappa shape index (κ1) is 39.8. The molecule has 0 saturated carbocycles. The van der Waals surface area contributed by atoms with Gasteiger partial charge in [0.25, 0.3) is 11.8 Å². The van der Waals surface area contributed by atoms with E-state index in [1.807, 2.05) is 20.8 Å². The minimum Gasteiger partial charge on any atom is -0.444 e. The molecule has 2 heterocycles. The van der Waals surface area contributed by atoms with Crippen molar-refractivity contribution >= 4 is 35.4 Å². The molecule has 16 nitrogen and oxygen atoms in total. The Morgan fingerprint density at radius 2 is 1.35 bits per heavy atom. The van der Waals surface area contributed by atoms with Crippen molar-refractivity contribution in [2.24, 2.45) is 0 Å². The maximum Gasteiger partial charge on any atom is 0.410 e. The lowest BCUT2D eigenvalue weighted by Crippen LogP contribution is -2.54. The Kier molecular flexibility index (Phi) is 16.8. The van der Waals surface area contributed by atoms with Gasteiger partial charge in [0.05, 0.1) is 90.4 Å². The summed E-state index contributed by atoms with van der Waals surface area (Å²) in [7, 11) is 1.67. The smallest absolute Gasteiger partial charge is 0.410 e. The summed E-state index contributed by atoms with van der Waals surface area (Å²) in [5.74, 6) is -2.18. The fraction of sp³-hybridized carbons (Fsp3) is 0.667. The van der Waals surface area contributed by atoms with Gasteiger partial charge >= 0.3 is 6.09 Å². The third-order valence-corrected chi connectivity index (χ3v) is 7.17. The number of carbonyl (C=O) groups is 5. The molecule has 49 heavy (non-hydrogen) atoms. The number of nitrogens with one attached hydrogen (secondary N) is 2. The number of hydrogen-bond acceptors (Lipinski definition) is 13. The Morgan fingerprint density at radius 3 is 1.88 bits per heavy atom. The maximum atomic E-state index is 13.1. The van der Waals surface area contributed by atoms with Crippen molar-refractivity contribution in [3.8, 4) is 0 Å². The molecule has 5 amide bonds. The number of carbonyl (C=O) groups excluding carboxylic acids is 5. The third-order valence-electron chi connectivity index (χ3n) is 7.17. The Hall–Kier alpha value is -3.67. The fourth-order valence-electron chi connectivity index (χ4n) is 4.75. The average Bonchev–Trinajstić information content (AvgIpc) is 3.30. The molecule has 0 spiro atoms. The van der Waals surface area contributed by atoms with Gasteiger partial charge in [0.15, 0.2) is 0 Å². The second kappa shape index (κ2) is 20.8. The lowest BCUT2D eigenvalue weighted by atomic mass is 10.0. The lowest BCUT2D eigenvalue weighted by molar-refractivity contribution is -0.136. The number of likely N-dealkylation sites (N-methyl/N-ethyl adjacent to an activating group) is 1. The molecule has 2 aliphatic heterocycles. The highest BCUT2D eigenvalue weighted by molar-refractivity contribution is 6.25. The number of ether oxygens (including phenoxy) is 7. The lowest BCUT2D eigenvalue weighted by Gasteiger charge is -2.27. The molecular weight excluding hydrogens is 644 g/mol. The number of rotatable bonds is 23. The quantitative estimate of drug-likeness (QED) is 0.124. The van der Waals surface area contributed by atoms with Crippen LogP contribution in [0.1, 0.15) is 54.3 Å². The second-order valence-electron chi connectivity index (χ2n) is 12.2. The van der Waals surface area contributed by atoms with Gasteiger partial charge in [-0.2, -0.15) is 0 Å². The van der Waals surface area contributed by atoms with Crippen molar-refractivity contribution in [3.63, 3.8) is 0 Å². The van der Waals surface area contributed by atoms with Crippen molar-refractivity contribution in [3.05, 3.63) is 29.3 Å². The summed E-state index contributed by atoms with van der Waals surface area (Å²) in [6.07, 6.45) is -0.216. The van der Waals surface area contributed by atoms with Gasteiger partial charge in [0.2, 0.25) is 11.8 Å². The van der Waals surface area contributed by atoms with Crippen LogP contribution in [0.15, 0.2) is 18.2 Å². The second-order valence-corrected chi connectivity index (χ2v) is 12.2. The van der Waals surface area contributed by atoms with Crippen LogP contribution in [0.2, 0.25) is 0 Å². The van der Waals surface area contributed by atoms with E-state index in [2.05, 4.69) is 10.6 Å². The minimum atomic E-state index is -1.01. The zero-order chi connectivity index (χ0) is 35.6. The van der Waals surface area contributed by atoms with Crippen LogP contribution in [-0.2, 0) is 42.7 Å². The minimum absolute atomic E-state index is 0.0643. The highest BCUT2D eigenvalue weighted by Crippen LogP contribution is 2.32. The van der Waals surface area contributed by atoms with E-state index in [4.69, 9.17) is 33.2 Å². The van der Waals surface area contributed by atoms with Gasteiger partial charge < -0.3 is 43.4 Å². The van der Waals surface area contributed by atoms with Gasteiger partial charge in [0.1, 0.15) is 11.6 Å². The summed E-state index contributed by atoms with van der Waals surface area (Å²) in [6.45, 7) is 11.2. The van der Waals surface area contributed by atoms with Crippen LogP contribution in [0.5, 0.6) is 0 Å². The molecule has 2 aliphatic rings. The van der Waals surface area contributed by atoms with Crippen molar-refractivity contribution < 1.29 is 57.1 Å². The van der Waals surface area contributed by atoms with E-state index in [1.165, 1.54) is 4.90 Å². The molecule has 2 N–H and O–H groups in total. The SMILES string of the molecule is CN(CCOCCOCCOCCOCCOCCOCCNc1cccc2c1C(=O)N(C1CCC(=O)NC1=O)C2=O)C(=O)OC(C)(C)C. The number of imide groups is 2. The summed E-state index contributed by atoms with van der Waals surface area (Å²) in [6, 6.07) is 3.89. The zero-order valence-corrected chi connectivity index (χ0v) is 28.9. The molecule has 0 bridgehead atoms. The van der Waals surface area contributed by atoms with Gasteiger partial charge in [-0.05, 0) is 39.3 Å². The van der Waals surface area contributed by atoms with Crippen LogP contribution < -0.4 is 10.6 Å². The van der Waals surface area contributed by atoms with Crippen molar-refractivity contribution in [1.82, 2.24) is 15.1 Å². The summed E-state index contributed by atoms with van der Waals surface area (Å²) in [5, 5.41) is 5.32. The third kappa shape index (κ3) is 13.6. The number of benzene rings is 1. The van der Waals surface area contributed by atoms with E-state index >= 15 is 0 Å². The molecule has 0 aromatic heterocycles. The van der Waals surface area contributed by atoms with Crippen molar-refractivity contribution in [2.45, 2.75) is 45.3 Å². The topological polar surface area (TPSA) is 180 Å². The molecule has 1 saturated heterocycles. The van der Waals surface area contributed by atoms with Crippen molar-refractivity contribution in [2.75, 3.05) is 105 Å². The standard InChI is InChI=1S/C33H50N4O12/c1-33(2,3)49-32(42)36(4)11-13-44-15-17-46-19-21-48-23-22-47-20-18-45-16-14-43-12-10-34-25-7-5-6-24-28(25)31(41)37(30(24)40)26-8-9-27(38)35-29(26)39/h5-7,26,34H,8-23H2,1-4H3,(H,35,38,39). The molecule has 16 heteroatoms. The Bertz CT molecular complexity index is 1250. The first-order chi connectivity index (χ1) is 23.5. The van der Waals surface area contributed by atoms with Crippen LogP contribution in [0.25, 0.3) is 0 Å². The molecule has 1 aromatic rings. The number of amides is 5. The van der Waals surface area contributed by atoms with Crippen molar-refractivity contribution in [1.29, 1.82) is 0 Å². The van der Waals surface area contributed by atoms with Gasteiger partial charge in [-0.3, -0.25) is 29.4 Å². The molecule has 1 fully saturated rings. The summed E-state index contributed by atoms with van der Waals surface area (Å²) < 4.78 is 38.2. The highest BCUT2D eigenvalue weighted by atomic mass is 16.6. The van der Waals surface area contributed by atoms with E-state index in [0.717, 1.165) is 4.90 Å². The fourth-order valence-corrected chi connectivity index (χ4v) is 4.75. The van der Waals surface area contributed by atoms with Crippen LogP contribution in [0.3, 0.4) is 0 Å². The van der Waals surface area contributed by atoms with Gasteiger partial charge in [-0.1, -0.05) is 6.07 Å². The average molecular weight is 695 g/mol. The van der Waals surface area contributed by atoms with E-state index in [1.54, 1.807) is 25.2 Å². The maximum absolute atomic E-state index is 13.1. The predicted octanol–water partition coefficient (Wildman–Crippen LogP) is 1.47. The van der Waals surface area contributed by atoms with Gasteiger partial charge in [-0.15, -0.1) is 0 Å². The van der Waals surface area contributed by atoms with Crippen LogP contribution >= 0.6 is 0 Å². The van der Waals surface area contributed by atoms with Crippen LogP contribution in [0, 0.1) is 0 Å². The molecule has 274 valence electrons. The first-order valence-corrected chi connectivity index (χ1v) is 16.5. The van der Waals surface area contributed by atoms with Gasteiger partial charge in [0, 0.05) is 32.2 Å². The zero-order valence-electron chi connectivity index (χ0n) is 28.9. The van der Waals surface area contributed by atoms with E-state index in [-0.39, 0.29) is 30.1 Å². The number of hydrogen-bond donors (Lipinski definition) is 2. The summed E-state index contributed by atoms with van der Waals surface area (Å²) >= 11 is 0. The highest BCUT2D eigenvalue weighted by Gasteiger charge is 2.45. The predicted molar refractivity (Wildman–Crippen MR) is 175 cm³/mol. The molecule has 0 aliphatic carbocycles. The normalized spacial score (nSPS) is 16.2. The molecular formula is C33H50N4O12. The van der Waals surface area contributed by atoms with Crippen LogP contribution in [0.4, 0.5) is 10.5 Å². The monoisotopic (exact) mass is 694 g/mol. The largest absolute Gasteiger partial charge is 0.444 e. The van der Waals surface area contributed by atoms with E-state index < -0.39 is 35.3 Å². The van der Waals surface area contributed by atoms with Gasteiger partial charge in [-0.25, -0.2) is 4.79 Å². The summed E-state index contributed by atoms with van der Waals surface area (Å²) in [4.78, 5) is 64.1. The number of anilines is 1. The first-order valence-electron chi connectivity index (χ1n) is 16.5. The van der Waals surface area contributed by atoms with Crippen LogP contribution in [-0.4, -0.2) is 151 Å². The van der Waals surface area contributed by atoms with E-state index in [0.29, 0.717) is 98.1 Å². The number of piperidine rings is 1. The molecule has 0 radical (unpaired) electrons. The molecule has 3 rings (SSSR count). The molecule has 1 unspecified atom stereocenters. The Morgan fingerprint density at radius 1 is 0.816 bits per heavy atom.